The number of carboxylic acid groups (broad SMARTS) is 1. The molecule has 0 bridgehead atoms. The summed E-state index contributed by atoms with van der Waals surface area (Å²) in [7, 11) is 1.73. The van der Waals surface area contributed by atoms with E-state index in [0.29, 0.717) is 5.56 Å². The molecule has 1 aliphatic rings. The van der Waals surface area contributed by atoms with Crippen molar-refractivity contribution in [2.75, 3.05) is 11.9 Å². The fraction of sp³-hybridized carbons (Fsp3) is 0.348. The maximum atomic E-state index is 12.8. The lowest BCUT2D eigenvalue weighted by Crippen LogP contribution is -2.44. The van der Waals surface area contributed by atoms with E-state index in [9.17, 15) is 19.5 Å². The Hall–Kier alpha value is -3.35. The summed E-state index contributed by atoms with van der Waals surface area (Å²) in [6, 6.07) is 13.8. The predicted octanol–water partition coefficient (Wildman–Crippen LogP) is 3.32. The lowest BCUT2D eigenvalue weighted by atomic mass is 9.90. The van der Waals surface area contributed by atoms with Gasteiger partial charge in [-0.2, -0.15) is 0 Å². The number of fused-ring (bicyclic) bond motifs is 1. The summed E-state index contributed by atoms with van der Waals surface area (Å²) < 4.78 is 5.17. The van der Waals surface area contributed by atoms with Crippen molar-refractivity contribution in [3.05, 3.63) is 65.2 Å². The Morgan fingerprint density at radius 3 is 2.43 bits per heavy atom. The van der Waals surface area contributed by atoms with Crippen LogP contribution < -0.4 is 10.2 Å². The van der Waals surface area contributed by atoms with Crippen molar-refractivity contribution in [1.82, 2.24) is 5.32 Å². The normalized spacial score (nSPS) is 16.7. The molecule has 2 N–H and O–H groups in total. The molecule has 2 aromatic rings. The second kappa shape index (κ2) is 8.18. The van der Waals surface area contributed by atoms with E-state index in [1.807, 2.05) is 42.5 Å². The molecule has 0 spiro atoms. The standard InChI is InChI=1S/C23H26N2O5/c1-23(2,3)30-22(29)24-17(21(27)28)13-14-10-11-18-16(12-14)19(20(26)25(18)4)15-8-6-5-7-9-15/h5-12,17,19H,13H2,1-4H3,(H,24,29)(H,27,28)/t17-,19?/m0/s1. The Kier molecular flexibility index (Phi) is 5.82. The van der Waals surface area contributed by atoms with Gasteiger partial charge in [0, 0.05) is 19.2 Å². The first-order chi connectivity index (χ1) is 14.1. The minimum absolute atomic E-state index is 0.0324. The smallest absolute Gasteiger partial charge is 0.408 e. The van der Waals surface area contributed by atoms with Gasteiger partial charge < -0.3 is 20.1 Å². The molecule has 3 rings (SSSR count). The van der Waals surface area contributed by atoms with Gasteiger partial charge >= 0.3 is 12.1 Å². The molecule has 30 heavy (non-hydrogen) atoms. The lowest BCUT2D eigenvalue weighted by Gasteiger charge is -2.22. The second-order valence-electron chi connectivity index (χ2n) is 8.38. The van der Waals surface area contributed by atoms with Gasteiger partial charge in [-0.3, -0.25) is 4.79 Å². The predicted molar refractivity (Wildman–Crippen MR) is 113 cm³/mol. The van der Waals surface area contributed by atoms with E-state index in [1.165, 1.54) is 0 Å². The lowest BCUT2D eigenvalue weighted by molar-refractivity contribution is -0.139. The Morgan fingerprint density at radius 1 is 1.17 bits per heavy atom. The van der Waals surface area contributed by atoms with Crippen LogP contribution >= 0.6 is 0 Å². The fourth-order valence-electron chi connectivity index (χ4n) is 3.57. The number of hydrogen-bond donors (Lipinski definition) is 2. The Balaban J connectivity index is 1.86. The number of carbonyl (C=O) groups excluding carboxylic acids is 2. The molecule has 0 aromatic heterocycles. The van der Waals surface area contributed by atoms with Crippen molar-refractivity contribution in [2.45, 2.75) is 44.8 Å². The molecule has 7 nitrogen and oxygen atoms in total. The van der Waals surface area contributed by atoms with Gasteiger partial charge in [-0.15, -0.1) is 0 Å². The number of hydrogen-bond acceptors (Lipinski definition) is 4. The van der Waals surface area contributed by atoms with Crippen LogP contribution in [0.1, 0.15) is 43.4 Å². The molecule has 0 saturated heterocycles. The molecule has 158 valence electrons. The van der Waals surface area contributed by atoms with Gasteiger partial charge in [0.05, 0.1) is 5.92 Å². The van der Waals surface area contributed by atoms with Crippen LogP contribution in [0.3, 0.4) is 0 Å². The number of alkyl carbamates (subject to hydrolysis) is 1. The van der Waals surface area contributed by atoms with E-state index in [1.54, 1.807) is 38.8 Å². The average molecular weight is 410 g/mol. The Morgan fingerprint density at radius 2 is 1.83 bits per heavy atom. The SMILES string of the molecule is CN1C(=O)C(c2ccccc2)c2cc(C[C@H](NC(=O)OC(C)(C)C)C(=O)O)ccc21. The van der Waals surface area contributed by atoms with E-state index >= 15 is 0 Å². The van der Waals surface area contributed by atoms with Gasteiger partial charge in [0.25, 0.3) is 0 Å². The van der Waals surface area contributed by atoms with Crippen LogP contribution in [0.15, 0.2) is 48.5 Å². The van der Waals surface area contributed by atoms with E-state index in [2.05, 4.69) is 5.32 Å². The average Bonchev–Trinajstić information content (AvgIpc) is 2.90. The maximum Gasteiger partial charge on any atom is 0.408 e. The summed E-state index contributed by atoms with van der Waals surface area (Å²) in [5.74, 6) is -1.63. The molecule has 2 aromatic carbocycles. The number of aliphatic carboxylic acids is 1. The van der Waals surface area contributed by atoms with Crippen molar-refractivity contribution in [2.24, 2.45) is 0 Å². The molecule has 1 unspecified atom stereocenters. The first-order valence-electron chi connectivity index (χ1n) is 9.74. The first kappa shape index (κ1) is 21.4. The largest absolute Gasteiger partial charge is 0.480 e. The molecule has 0 fully saturated rings. The summed E-state index contributed by atoms with van der Waals surface area (Å²) in [6.07, 6.45) is -0.713. The van der Waals surface area contributed by atoms with Crippen LogP contribution in [-0.4, -0.2) is 41.8 Å². The van der Waals surface area contributed by atoms with Gasteiger partial charge in [-0.05, 0) is 43.5 Å². The molecular formula is C23H26N2O5. The molecule has 0 aliphatic carbocycles. The third-order valence-electron chi connectivity index (χ3n) is 4.90. The number of benzene rings is 2. The highest BCUT2D eigenvalue weighted by molar-refractivity contribution is 6.06. The van der Waals surface area contributed by atoms with Gasteiger partial charge in [-0.25, -0.2) is 9.59 Å². The van der Waals surface area contributed by atoms with Crippen LogP contribution in [-0.2, 0) is 20.7 Å². The zero-order chi connectivity index (χ0) is 22.1. The van der Waals surface area contributed by atoms with Crippen molar-refractivity contribution < 1.29 is 24.2 Å². The highest BCUT2D eigenvalue weighted by atomic mass is 16.6. The second-order valence-corrected chi connectivity index (χ2v) is 8.38. The maximum absolute atomic E-state index is 12.8. The van der Waals surface area contributed by atoms with E-state index in [-0.39, 0.29) is 12.3 Å². The molecule has 7 heteroatoms. The third kappa shape index (κ3) is 4.62. The zero-order valence-electron chi connectivity index (χ0n) is 17.5. The fourth-order valence-corrected chi connectivity index (χ4v) is 3.57. The van der Waals surface area contributed by atoms with Crippen molar-refractivity contribution >= 4 is 23.7 Å². The quantitative estimate of drug-likeness (QED) is 0.788. The van der Waals surface area contributed by atoms with Crippen LogP contribution in [0, 0.1) is 0 Å². The first-order valence-corrected chi connectivity index (χ1v) is 9.74. The summed E-state index contributed by atoms with van der Waals surface area (Å²) in [6.45, 7) is 5.13. The summed E-state index contributed by atoms with van der Waals surface area (Å²) in [5.41, 5.74) is 2.49. The van der Waals surface area contributed by atoms with Crippen LogP contribution in [0.25, 0.3) is 0 Å². The van der Waals surface area contributed by atoms with E-state index in [4.69, 9.17) is 4.74 Å². The highest BCUT2D eigenvalue weighted by Crippen LogP contribution is 2.40. The summed E-state index contributed by atoms with van der Waals surface area (Å²) in [4.78, 5) is 38.2. The van der Waals surface area contributed by atoms with Crippen LogP contribution in [0.5, 0.6) is 0 Å². The topological polar surface area (TPSA) is 95.9 Å². The molecule has 0 saturated carbocycles. The number of nitrogens with zero attached hydrogens (tertiary/aromatic N) is 1. The Labute approximate surface area is 175 Å². The molecule has 1 heterocycles. The number of anilines is 1. The number of ether oxygens (including phenoxy) is 1. The van der Waals surface area contributed by atoms with Gasteiger partial charge in [0.15, 0.2) is 0 Å². The molecule has 1 aliphatic heterocycles. The summed E-state index contributed by atoms with van der Waals surface area (Å²) in [5, 5.41) is 12.0. The molecule has 2 amide bonds. The number of likely N-dealkylation sites (N-methyl/N-ethyl adjacent to an activating group) is 1. The van der Waals surface area contributed by atoms with Crippen molar-refractivity contribution in [3.8, 4) is 0 Å². The van der Waals surface area contributed by atoms with Gasteiger partial charge in [0.2, 0.25) is 5.91 Å². The number of carboxylic acids is 1. The van der Waals surface area contributed by atoms with Gasteiger partial charge in [0.1, 0.15) is 11.6 Å². The van der Waals surface area contributed by atoms with E-state index in [0.717, 1.165) is 16.8 Å². The number of carbonyl (C=O) groups is 3. The number of nitrogens with one attached hydrogen (secondary N) is 1. The van der Waals surface area contributed by atoms with Crippen molar-refractivity contribution in [1.29, 1.82) is 0 Å². The highest BCUT2D eigenvalue weighted by Gasteiger charge is 2.36. The minimum Gasteiger partial charge on any atom is -0.480 e. The van der Waals surface area contributed by atoms with Gasteiger partial charge in [-0.1, -0.05) is 42.5 Å². The summed E-state index contributed by atoms with van der Waals surface area (Å²) >= 11 is 0. The van der Waals surface area contributed by atoms with Crippen molar-refractivity contribution in [3.63, 3.8) is 0 Å². The molecular weight excluding hydrogens is 384 g/mol. The van der Waals surface area contributed by atoms with Crippen LogP contribution in [0.2, 0.25) is 0 Å². The molecule has 0 radical (unpaired) electrons. The third-order valence-corrected chi connectivity index (χ3v) is 4.90. The van der Waals surface area contributed by atoms with E-state index < -0.39 is 29.6 Å². The number of amides is 2. The minimum atomic E-state index is -1.16. The Bertz CT molecular complexity index is 965. The molecule has 2 atom stereocenters. The van der Waals surface area contributed by atoms with Crippen LogP contribution in [0.4, 0.5) is 10.5 Å². The monoisotopic (exact) mass is 410 g/mol. The number of rotatable bonds is 5. The zero-order valence-corrected chi connectivity index (χ0v) is 17.5.